The van der Waals surface area contributed by atoms with Crippen molar-refractivity contribution in [1.29, 1.82) is 0 Å². The Labute approximate surface area is 137 Å². The first kappa shape index (κ1) is 15.4. The van der Waals surface area contributed by atoms with Gasteiger partial charge in [0.2, 0.25) is 0 Å². The zero-order valence-electron chi connectivity index (χ0n) is 11.8. The van der Waals surface area contributed by atoms with Crippen molar-refractivity contribution in [2.75, 3.05) is 18.4 Å². The summed E-state index contributed by atoms with van der Waals surface area (Å²) in [6.45, 7) is 1.09. The first-order valence-corrected chi connectivity index (χ1v) is 8.29. The summed E-state index contributed by atoms with van der Waals surface area (Å²) in [5, 5.41) is 19.0. The Morgan fingerprint density at radius 2 is 2.36 bits per heavy atom. The minimum absolute atomic E-state index is 0.269. The van der Waals surface area contributed by atoms with E-state index in [1.807, 2.05) is 23.6 Å². The predicted molar refractivity (Wildman–Crippen MR) is 88.2 cm³/mol. The van der Waals surface area contributed by atoms with Gasteiger partial charge in [-0.3, -0.25) is 10.1 Å². The summed E-state index contributed by atoms with van der Waals surface area (Å²) in [7, 11) is 0. The number of amides is 1. The molecule has 0 bridgehead atoms. The second-order valence-electron chi connectivity index (χ2n) is 5.31. The van der Waals surface area contributed by atoms with E-state index in [1.54, 1.807) is 6.07 Å². The molecule has 1 aliphatic heterocycles. The number of hydrogen-bond acceptors (Lipinski definition) is 5. The van der Waals surface area contributed by atoms with Crippen LogP contribution in [-0.2, 0) is 4.79 Å². The summed E-state index contributed by atoms with van der Waals surface area (Å²) < 4.78 is 0. The Morgan fingerprint density at radius 1 is 1.50 bits per heavy atom. The molecular weight excluding hydrogens is 322 g/mol. The molecule has 7 heteroatoms. The first-order chi connectivity index (χ1) is 10.6. The fourth-order valence-electron chi connectivity index (χ4n) is 2.41. The van der Waals surface area contributed by atoms with Crippen molar-refractivity contribution < 1.29 is 9.90 Å². The summed E-state index contributed by atoms with van der Waals surface area (Å²) in [5.41, 5.74) is 0.277. The maximum absolute atomic E-state index is 12.2. The van der Waals surface area contributed by atoms with E-state index >= 15 is 0 Å². The zero-order chi connectivity index (χ0) is 15.6. The number of anilines is 1. The van der Waals surface area contributed by atoms with Crippen LogP contribution >= 0.6 is 22.9 Å². The van der Waals surface area contributed by atoms with Crippen molar-refractivity contribution in [1.82, 2.24) is 10.3 Å². The highest BCUT2D eigenvalue weighted by Gasteiger charge is 2.37. The summed E-state index contributed by atoms with van der Waals surface area (Å²) in [6.07, 6.45) is 1.23. The van der Waals surface area contributed by atoms with Gasteiger partial charge in [0.25, 0.3) is 5.91 Å². The van der Waals surface area contributed by atoms with Crippen molar-refractivity contribution in [3.63, 3.8) is 0 Å². The molecule has 1 aromatic heterocycles. The maximum Gasteiger partial charge on any atom is 0.259 e. The molecular formula is C15H16ClN3O2S. The number of nitrogens with zero attached hydrogens (tertiary/aromatic N) is 1. The zero-order valence-corrected chi connectivity index (χ0v) is 13.4. The molecule has 3 rings (SSSR count). The monoisotopic (exact) mass is 337 g/mol. The number of carbonyl (C=O) groups excluding carboxylic acids is 1. The maximum atomic E-state index is 12.2. The molecule has 1 aliphatic rings. The molecule has 0 spiro atoms. The van der Waals surface area contributed by atoms with Crippen LogP contribution in [0.3, 0.4) is 0 Å². The summed E-state index contributed by atoms with van der Waals surface area (Å²) in [6, 6.07) is 7.38. The average molecular weight is 338 g/mol. The van der Waals surface area contributed by atoms with Gasteiger partial charge in [-0.15, -0.1) is 11.3 Å². The number of aromatic nitrogens is 1. The van der Waals surface area contributed by atoms with Crippen molar-refractivity contribution >= 4 is 34.0 Å². The molecule has 0 aliphatic carbocycles. The number of β-amino-alcohol motifs (C(OH)–C–C–N with tert-alkyl or cyclic N) is 1. The molecule has 22 heavy (non-hydrogen) atoms. The quantitative estimate of drug-likeness (QED) is 0.804. The number of aliphatic hydroxyl groups is 1. The van der Waals surface area contributed by atoms with E-state index < -0.39 is 11.5 Å². The second kappa shape index (κ2) is 6.34. The molecule has 1 saturated heterocycles. The molecule has 0 saturated carbocycles. The molecule has 5 nitrogen and oxygen atoms in total. The van der Waals surface area contributed by atoms with Crippen LogP contribution in [0, 0.1) is 0 Å². The summed E-state index contributed by atoms with van der Waals surface area (Å²) in [4.78, 5) is 16.6. The van der Waals surface area contributed by atoms with Gasteiger partial charge >= 0.3 is 0 Å². The van der Waals surface area contributed by atoms with Crippen molar-refractivity contribution in [2.24, 2.45) is 0 Å². The van der Waals surface area contributed by atoms with Crippen LogP contribution in [-0.4, -0.2) is 34.7 Å². The standard InChI is InChI=1S/C15H16ClN3O2S/c16-11-4-1-3-10(7-11)12-8-22-14(18-12)19-13(20)15(21)5-2-6-17-9-15/h1,3-4,7-8,17,21H,2,5-6,9H2,(H,18,19,20). The van der Waals surface area contributed by atoms with Crippen LogP contribution in [0.15, 0.2) is 29.6 Å². The molecule has 2 aromatic rings. The molecule has 2 heterocycles. The highest BCUT2D eigenvalue weighted by molar-refractivity contribution is 7.14. The number of nitrogens with one attached hydrogen (secondary N) is 2. The lowest BCUT2D eigenvalue weighted by Gasteiger charge is -2.30. The van der Waals surface area contributed by atoms with Gasteiger partial charge in [0.05, 0.1) is 5.69 Å². The number of benzene rings is 1. The number of halogens is 1. The molecule has 1 aromatic carbocycles. The first-order valence-electron chi connectivity index (χ1n) is 7.03. The van der Waals surface area contributed by atoms with Crippen molar-refractivity contribution in [2.45, 2.75) is 18.4 Å². The van der Waals surface area contributed by atoms with Gasteiger partial charge in [-0.1, -0.05) is 23.7 Å². The fraction of sp³-hybridized carbons (Fsp3) is 0.333. The number of rotatable bonds is 3. The molecule has 1 unspecified atom stereocenters. The molecule has 116 valence electrons. The van der Waals surface area contributed by atoms with Gasteiger partial charge in [0.15, 0.2) is 10.7 Å². The Morgan fingerprint density at radius 3 is 3.09 bits per heavy atom. The summed E-state index contributed by atoms with van der Waals surface area (Å²) >= 11 is 7.30. The topological polar surface area (TPSA) is 74.2 Å². The van der Waals surface area contributed by atoms with E-state index in [1.165, 1.54) is 11.3 Å². The van der Waals surface area contributed by atoms with Crippen LogP contribution in [0.5, 0.6) is 0 Å². The predicted octanol–water partition coefficient (Wildman–Crippen LogP) is 2.52. The largest absolute Gasteiger partial charge is 0.379 e. The molecule has 1 atom stereocenters. The van der Waals surface area contributed by atoms with Gasteiger partial charge in [-0.2, -0.15) is 0 Å². The van der Waals surface area contributed by atoms with Gasteiger partial charge in [-0.25, -0.2) is 4.98 Å². The average Bonchev–Trinajstić information content (AvgIpc) is 2.96. The Balaban J connectivity index is 1.73. The number of carbonyl (C=O) groups is 1. The van der Waals surface area contributed by atoms with E-state index in [4.69, 9.17) is 11.6 Å². The Hall–Kier alpha value is -1.47. The van der Waals surface area contributed by atoms with Gasteiger partial charge in [0, 0.05) is 22.5 Å². The minimum Gasteiger partial charge on any atom is -0.379 e. The van der Waals surface area contributed by atoms with Crippen molar-refractivity contribution in [3.8, 4) is 11.3 Å². The third-order valence-electron chi connectivity index (χ3n) is 3.63. The lowest BCUT2D eigenvalue weighted by Crippen LogP contribution is -2.53. The minimum atomic E-state index is -1.36. The Kier molecular flexibility index (Phi) is 4.44. The van der Waals surface area contributed by atoms with Crippen molar-refractivity contribution in [3.05, 3.63) is 34.7 Å². The van der Waals surface area contributed by atoms with Gasteiger partial charge in [0.1, 0.15) is 0 Å². The van der Waals surface area contributed by atoms with Crippen LogP contribution in [0.1, 0.15) is 12.8 Å². The molecule has 1 amide bonds. The van der Waals surface area contributed by atoms with Crippen LogP contribution in [0.4, 0.5) is 5.13 Å². The lowest BCUT2D eigenvalue weighted by atomic mass is 9.93. The normalized spacial score (nSPS) is 21.5. The lowest BCUT2D eigenvalue weighted by molar-refractivity contribution is -0.135. The number of hydrogen-bond donors (Lipinski definition) is 3. The van der Waals surface area contributed by atoms with E-state index in [0.29, 0.717) is 16.6 Å². The third kappa shape index (κ3) is 3.30. The van der Waals surface area contributed by atoms with Gasteiger partial charge < -0.3 is 10.4 Å². The summed E-state index contributed by atoms with van der Waals surface area (Å²) in [5.74, 6) is -0.410. The SMILES string of the molecule is O=C(Nc1nc(-c2cccc(Cl)c2)cs1)C1(O)CCCNC1. The van der Waals surface area contributed by atoms with E-state index in [-0.39, 0.29) is 6.54 Å². The van der Waals surface area contributed by atoms with E-state index in [2.05, 4.69) is 15.6 Å². The molecule has 1 fully saturated rings. The molecule has 0 radical (unpaired) electrons. The number of piperidine rings is 1. The van der Waals surface area contributed by atoms with Crippen LogP contribution in [0.25, 0.3) is 11.3 Å². The van der Waals surface area contributed by atoms with Crippen LogP contribution in [0.2, 0.25) is 5.02 Å². The highest BCUT2D eigenvalue weighted by atomic mass is 35.5. The van der Waals surface area contributed by atoms with Crippen LogP contribution < -0.4 is 10.6 Å². The Bertz CT molecular complexity index is 683. The van der Waals surface area contributed by atoms with E-state index in [9.17, 15) is 9.90 Å². The van der Waals surface area contributed by atoms with Gasteiger partial charge in [-0.05, 0) is 31.5 Å². The fourth-order valence-corrected chi connectivity index (χ4v) is 3.31. The third-order valence-corrected chi connectivity index (χ3v) is 4.62. The van der Waals surface area contributed by atoms with E-state index in [0.717, 1.165) is 24.2 Å². The smallest absolute Gasteiger partial charge is 0.259 e. The molecule has 3 N–H and O–H groups in total. The second-order valence-corrected chi connectivity index (χ2v) is 6.61. The highest BCUT2D eigenvalue weighted by Crippen LogP contribution is 2.27. The number of thiazole rings is 1.